The largest absolute Gasteiger partial charge is 0.465 e. The monoisotopic (exact) mass is 383 g/mol. The number of sulfonamides is 1. The van der Waals surface area contributed by atoms with Gasteiger partial charge >= 0.3 is 5.97 Å². The molecule has 8 nitrogen and oxygen atoms in total. The van der Waals surface area contributed by atoms with E-state index in [0.717, 1.165) is 5.54 Å². The van der Waals surface area contributed by atoms with Crippen molar-refractivity contribution in [3.8, 4) is 0 Å². The Balaban J connectivity index is 2.35. The van der Waals surface area contributed by atoms with Gasteiger partial charge in [0.15, 0.2) is 5.69 Å². The zero-order chi connectivity index (χ0) is 18.4. The summed E-state index contributed by atoms with van der Waals surface area (Å²) in [5.41, 5.74) is 2.07. The van der Waals surface area contributed by atoms with Crippen LogP contribution < -0.4 is 4.72 Å². The van der Waals surface area contributed by atoms with Crippen molar-refractivity contribution in [2.45, 2.75) is 6.92 Å². The molecular weight excluding hydrogens is 370 g/mol. The molecule has 0 spiro atoms. The van der Waals surface area contributed by atoms with Crippen molar-refractivity contribution in [1.82, 2.24) is 10.3 Å². The highest BCUT2D eigenvalue weighted by molar-refractivity contribution is 8.01. The molecule has 0 aliphatic carbocycles. The van der Waals surface area contributed by atoms with Crippen molar-refractivity contribution in [2.24, 2.45) is 0 Å². The van der Waals surface area contributed by atoms with Crippen LogP contribution in [0.2, 0.25) is 0 Å². The molecule has 0 saturated heterocycles. The third-order valence-corrected chi connectivity index (χ3v) is 4.61. The van der Waals surface area contributed by atoms with E-state index in [1.54, 1.807) is 6.92 Å². The molecule has 0 unspecified atom stereocenters. The van der Waals surface area contributed by atoms with Crippen LogP contribution >= 0.6 is 11.6 Å². The average molecular weight is 384 g/mol. The van der Waals surface area contributed by atoms with Gasteiger partial charge in [-0.15, -0.1) is 0 Å². The van der Waals surface area contributed by atoms with Crippen LogP contribution in [0.5, 0.6) is 0 Å². The minimum absolute atomic E-state index is 0.0634. The standard InChI is InChI=1S/C15H14ClN3O5S/c1-10-14(18-24-17-10)13(4-3-9-16)25(21,22)19-12-7-5-11(6-8-12)15(20)23-2/h3-9,19H,1-2H3/b9-3+,13-4+. The smallest absolute Gasteiger partial charge is 0.337 e. The van der Waals surface area contributed by atoms with Gasteiger partial charge in [-0.3, -0.25) is 4.72 Å². The Labute approximate surface area is 149 Å². The lowest BCUT2D eigenvalue weighted by molar-refractivity contribution is 0.0601. The Bertz CT molecular complexity index is 917. The summed E-state index contributed by atoms with van der Waals surface area (Å²) in [7, 11) is -2.75. The van der Waals surface area contributed by atoms with Gasteiger partial charge in [0.25, 0.3) is 10.0 Å². The minimum atomic E-state index is -4.01. The van der Waals surface area contributed by atoms with Crippen molar-refractivity contribution in [1.29, 1.82) is 0 Å². The number of hydrogen-bond donors (Lipinski definition) is 1. The number of aryl methyl sites for hydroxylation is 1. The molecule has 1 aromatic carbocycles. The van der Waals surface area contributed by atoms with Crippen LogP contribution in [0.1, 0.15) is 21.7 Å². The van der Waals surface area contributed by atoms with Crippen molar-refractivity contribution in [2.75, 3.05) is 11.8 Å². The second-order valence-electron chi connectivity index (χ2n) is 4.72. The normalized spacial score (nSPS) is 12.4. The minimum Gasteiger partial charge on any atom is -0.465 e. The van der Waals surface area contributed by atoms with E-state index in [2.05, 4.69) is 24.4 Å². The van der Waals surface area contributed by atoms with E-state index in [0.29, 0.717) is 11.3 Å². The zero-order valence-corrected chi connectivity index (χ0v) is 14.8. The number of aromatic nitrogens is 2. The first-order chi connectivity index (χ1) is 11.9. The van der Waals surface area contributed by atoms with Crippen LogP contribution in [-0.4, -0.2) is 31.8 Å². The topological polar surface area (TPSA) is 111 Å². The summed E-state index contributed by atoms with van der Waals surface area (Å²) in [6, 6.07) is 5.75. The van der Waals surface area contributed by atoms with Crippen LogP contribution in [0.3, 0.4) is 0 Å². The summed E-state index contributed by atoms with van der Waals surface area (Å²) in [5, 5.41) is 7.19. The third-order valence-electron chi connectivity index (χ3n) is 3.05. The van der Waals surface area contributed by atoms with Crippen molar-refractivity contribution < 1.29 is 22.6 Å². The number of allylic oxidation sites excluding steroid dienone is 2. The van der Waals surface area contributed by atoms with Crippen molar-refractivity contribution >= 4 is 38.2 Å². The number of hydrogen-bond acceptors (Lipinski definition) is 7. The van der Waals surface area contributed by atoms with E-state index in [-0.39, 0.29) is 16.3 Å². The summed E-state index contributed by atoms with van der Waals surface area (Å²) in [6.45, 7) is 1.56. The first kappa shape index (κ1) is 18.7. The number of nitrogens with one attached hydrogen (secondary N) is 1. The predicted octanol–water partition coefficient (Wildman–Crippen LogP) is 2.70. The number of nitrogens with zero attached hydrogens (tertiary/aromatic N) is 2. The Kier molecular flexibility index (Phi) is 5.94. The SMILES string of the molecule is COC(=O)c1ccc(NS(=O)(=O)/C(=C/C=C/Cl)c2nonc2C)cc1. The zero-order valence-electron chi connectivity index (χ0n) is 13.3. The molecule has 0 radical (unpaired) electrons. The molecule has 0 aliphatic rings. The molecular formula is C15H14ClN3O5S. The van der Waals surface area contributed by atoms with Gasteiger partial charge in [0, 0.05) is 11.2 Å². The first-order valence-corrected chi connectivity index (χ1v) is 8.78. The Morgan fingerprint density at radius 3 is 2.48 bits per heavy atom. The lowest BCUT2D eigenvalue weighted by atomic mass is 10.2. The molecule has 2 aromatic rings. The van der Waals surface area contributed by atoms with Gasteiger partial charge in [-0.05, 0) is 48.5 Å². The Morgan fingerprint density at radius 2 is 1.96 bits per heavy atom. The maximum atomic E-state index is 12.7. The Hall–Kier alpha value is -2.65. The van der Waals surface area contributed by atoms with E-state index in [1.165, 1.54) is 43.5 Å². The number of benzene rings is 1. The van der Waals surface area contributed by atoms with Gasteiger partial charge in [0.05, 0.1) is 12.7 Å². The molecule has 0 aliphatic heterocycles. The fraction of sp³-hybridized carbons (Fsp3) is 0.133. The summed E-state index contributed by atoms with van der Waals surface area (Å²) in [6.07, 6.45) is 2.61. The van der Waals surface area contributed by atoms with Crippen molar-refractivity contribution in [3.05, 3.63) is 58.9 Å². The molecule has 0 atom stereocenters. The van der Waals surface area contributed by atoms with Crippen LogP contribution in [0, 0.1) is 6.92 Å². The molecule has 0 bridgehead atoms. The van der Waals surface area contributed by atoms with Crippen molar-refractivity contribution in [3.63, 3.8) is 0 Å². The van der Waals surface area contributed by atoms with Gasteiger partial charge in [0.2, 0.25) is 0 Å². The maximum absolute atomic E-state index is 12.7. The number of carbonyl (C=O) groups is 1. The summed E-state index contributed by atoms with van der Waals surface area (Å²) < 4.78 is 36.9. The molecule has 132 valence electrons. The first-order valence-electron chi connectivity index (χ1n) is 6.87. The Morgan fingerprint density at radius 1 is 1.28 bits per heavy atom. The third kappa shape index (κ3) is 4.46. The number of carbonyl (C=O) groups excluding carboxylic acids is 1. The second-order valence-corrected chi connectivity index (χ2v) is 6.62. The quantitative estimate of drug-likeness (QED) is 0.602. The fourth-order valence-electron chi connectivity index (χ4n) is 1.88. The van der Waals surface area contributed by atoms with Crippen LogP contribution in [-0.2, 0) is 14.8 Å². The molecule has 10 heteroatoms. The molecule has 0 saturated carbocycles. The van der Waals surface area contributed by atoms with Gasteiger partial charge in [-0.1, -0.05) is 16.8 Å². The molecule has 1 heterocycles. The number of halogens is 1. The lowest BCUT2D eigenvalue weighted by Crippen LogP contribution is -2.15. The number of ether oxygens (including phenoxy) is 1. The number of esters is 1. The maximum Gasteiger partial charge on any atom is 0.337 e. The molecule has 1 aromatic heterocycles. The number of rotatable bonds is 6. The number of methoxy groups -OCH3 is 1. The van der Waals surface area contributed by atoms with E-state index < -0.39 is 16.0 Å². The molecule has 25 heavy (non-hydrogen) atoms. The van der Waals surface area contributed by atoms with E-state index in [1.807, 2.05) is 0 Å². The molecule has 1 N–H and O–H groups in total. The molecule has 0 fully saturated rings. The van der Waals surface area contributed by atoms with Gasteiger partial charge in [-0.2, -0.15) is 0 Å². The van der Waals surface area contributed by atoms with Gasteiger partial charge < -0.3 is 4.74 Å². The van der Waals surface area contributed by atoms with Crippen LogP contribution in [0.25, 0.3) is 4.91 Å². The van der Waals surface area contributed by atoms with Gasteiger partial charge in [-0.25, -0.2) is 17.8 Å². The summed E-state index contributed by atoms with van der Waals surface area (Å²) in [4.78, 5) is 11.2. The average Bonchev–Trinajstić information content (AvgIpc) is 3.00. The highest BCUT2D eigenvalue weighted by atomic mass is 35.5. The highest BCUT2D eigenvalue weighted by Crippen LogP contribution is 2.24. The summed E-state index contributed by atoms with van der Waals surface area (Å²) in [5.74, 6) is -0.522. The number of anilines is 1. The van der Waals surface area contributed by atoms with Gasteiger partial charge in [0.1, 0.15) is 10.6 Å². The van der Waals surface area contributed by atoms with Crippen LogP contribution in [0.4, 0.5) is 5.69 Å². The fourth-order valence-corrected chi connectivity index (χ4v) is 3.20. The van der Waals surface area contributed by atoms with E-state index in [9.17, 15) is 13.2 Å². The molecule has 0 amide bonds. The van der Waals surface area contributed by atoms with E-state index >= 15 is 0 Å². The molecule has 2 rings (SSSR count). The van der Waals surface area contributed by atoms with E-state index in [4.69, 9.17) is 11.6 Å². The van der Waals surface area contributed by atoms with Crippen LogP contribution in [0.15, 0.2) is 46.6 Å². The lowest BCUT2D eigenvalue weighted by Gasteiger charge is -2.10. The summed E-state index contributed by atoms with van der Waals surface area (Å²) >= 11 is 5.47. The highest BCUT2D eigenvalue weighted by Gasteiger charge is 2.24. The second kappa shape index (κ2) is 7.95. The predicted molar refractivity (Wildman–Crippen MR) is 92.3 cm³/mol.